The third-order valence-electron chi connectivity index (χ3n) is 9.30. The summed E-state index contributed by atoms with van der Waals surface area (Å²) in [6, 6.07) is 9.15. The number of carbonyl (C=O) groups excluding carboxylic acids is 4. The predicted molar refractivity (Wildman–Crippen MR) is 207 cm³/mol. The highest BCUT2D eigenvalue weighted by molar-refractivity contribution is 6.74. The molecule has 4 atom stereocenters. The molecule has 16 heteroatoms. The largest absolute Gasteiger partial charge is 0.504 e. The van der Waals surface area contributed by atoms with Crippen LogP contribution in [0.5, 0.6) is 28.7 Å². The van der Waals surface area contributed by atoms with Crippen LogP contribution in [0.4, 0.5) is 4.79 Å². The zero-order valence-electron chi connectivity index (χ0n) is 32.9. The average Bonchev–Trinajstić information content (AvgIpc) is 3.09. The fourth-order valence-electron chi connectivity index (χ4n) is 5.44. The lowest BCUT2D eigenvalue weighted by Gasteiger charge is -2.41. The highest BCUT2D eigenvalue weighted by Gasteiger charge is 2.45. The van der Waals surface area contributed by atoms with E-state index in [0.29, 0.717) is 16.9 Å². The van der Waals surface area contributed by atoms with E-state index in [0.717, 1.165) is 0 Å². The van der Waals surface area contributed by atoms with Crippen LogP contribution >= 0.6 is 11.6 Å². The van der Waals surface area contributed by atoms with Gasteiger partial charge in [-0.3, -0.25) is 9.59 Å². The van der Waals surface area contributed by atoms with Gasteiger partial charge >= 0.3 is 12.1 Å². The maximum absolute atomic E-state index is 14.6. The molecule has 0 radical (unpaired) electrons. The van der Waals surface area contributed by atoms with Gasteiger partial charge in [-0.25, -0.2) is 9.59 Å². The van der Waals surface area contributed by atoms with E-state index in [2.05, 4.69) is 16.0 Å². The lowest BCUT2D eigenvalue weighted by atomic mass is 9.99. The molecule has 4 bridgehead atoms. The number of amides is 3. The number of aromatic hydroxyl groups is 1. The van der Waals surface area contributed by atoms with E-state index >= 15 is 0 Å². The molecule has 4 N–H and O–H groups in total. The van der Waals surface area contributed by atoms with E-state index in [1.807, 2.05) is 33.9 Å². The molecule has 5 rings (SSSR count). The highest BCUT2D eigenvalue weighted by Crippen LogP contribution is 2.45. The number of esters is 1. The fraction of sp³-hybridized carbons (Fsp3) is 0.436. The topological polar surface area (TPSA) is 180 Å². The van der Waals surface area contributed by atoms with Crippen LogP contribution in [0.2, 0.25) is 23.2 Å². The summed E-state index contributed by atoms with van der Waals surface area (Å²) in [5.74, 6) is -2.53. The minimum absolute atomic E-state index is 0.0284. The molecular formula is C39H50ClN3O11Si. The molecule has 2 aliphatic heterocycles. The Kier molecular flexibility index (Phi) is 13.1. The molecule has 0 unspecified atom stereocenters. The van der Waals surface area contributed by atoms with Crippen LogP contribution in [-0.4, -0.2) is 70.3 Å². The Bertz CT molecular complexity index is 1910. The Morgan fingerprint density at radius 2 is 1.47 bits per heavy atom. The van der Waals surface area contributed by atoms with Crippen molar-refractivity contribution in [1.82, 2.24) is 16.0 Å². The van der Waals surface area contributed by atoms with Crippen molar-refractivity contribution >= 4 is 43.8 Å². The van der Waals surface area contributed by atoms with E-state index < -0.39 is 67.8 Å². The SMILES string of the molecule is COC(=O)[C@@H]1NC(=O)[C@H](c2ccc(OC)cc2)NC(=O)[C@H](NC(=O)OC(C)(C)C)c2cc(O)c(OC)c(c2)Oc2ccc(cc2Cl)[C@@H]1O[Si](C)(C)C(C)(C)C. The summed E-state index contributed by atoms with van der Waals surface area (Å²) in [5, 5.41) is 18.9. The molecule has 0 saturated heterocycles. The summed E-state index contributed by atoms with van der Waals surface area (Å²) in [4.78, 5) is 56.0. The zero-order valence-corrected chi connectivity index (χ0v) is 34.7. The van der Waals surface area contributed by atoms with Crippen LogP contribution < -0.4 is 30.2 Å². The van der Waals surface area contributed by atoms with Gasteiger partial charge in [0.2, 0.25) is 17.6 Å². The molecule has 3 aromatic rings. The van der Waals surface area contributed by atoms with Crippen LogP contribution in [0.15, 0.2) is 54.6 Å². The van der Waals surface area contributed by atoms with Gasteiger partial charge in [0.1, 0.15) is 35.3 Å². The number of alkyl carbamates (subject to hydrolysis) is 1. The first-order valence-corrected chi connectivity index (χ1v) is 20.8. The molecule has 2 heterocycles. The predicted octanol–water partition coefficient (Wildman–Crippen LogP) is 7.01. The first kappa shape index (κ1) is 42.7. The molecule has 298 valence electrons. The number of rotatable bonds is 7. The molecule has 55 heavy (non-hydrogen) atoms. The number of ether oxygens (including phenoxy) is 5. The lowest BCUT2D eigenvalue weighted by molar-refractivity contribution is -0.148. The fourth-order valence-corrected chi connectivity index (χ4v) is 6.93. The molecule has 3 amide bonds. The third-order valence-corrected chi connectivity index (χ3v) is 14.1. The van der Waals surface area contributed by atoms with E-state index in [4.69, 9.17) is 39.7 Å². The first-order valence-electron chi connectivity index (χ1n) is 17.5. The Balaban J connectivity index is 2.02. The second-order valence-corrected chi connectivity index (χ2v) is 20.6. The van der Waals surface area contributed by atoms with Crippen LogP contribution in [0.1, 0.15) is 76.4 Å². The van der Waals surface area contributed by atoms with Gasteiger partial charge in [0.25, 0.3) is 0 Å². The quantitative estimate of drug-likeness (QED) is 0.143. The van der Waals surface area contributed by atoms with Gasteiger partial charge in [0.15, 0.2) is 25.9 Å². The molecule has 0 fully saturated rings. The number of phenols is 1. The van der Waals surface area contributed by atoms with Crippen molar-refractivity contribution in [3.05, 3.63) is 76.3 Å². The van der Waals surface area contributed by atoms with Crippen LogP contribution in [0.3, 0.4) is 0 Å². The summed E-state index contributed by atoms with van der Waals surface area (Å²) in [7, 11) is 1.27. The van der Waals surface area contributed by atoms with Crippen LogP contribution in [0.25, 0.3) is 0 Å². The Labute approximate surface area is 327 Å². The molecule has 0 spiro atoms. The monoisotopic (exact) mass is 799 g/mol. The number of fused-ring (bicyclic) bond motifs is 9. The van der Waals surface area contributed by atoms with Crippen molar-refractivity contribution in [2.75, 3.05) is 21.3 Å². The summed E-state index contributed by atoms with van der Waals surface area (Å²) >= 11 is 6.84. The summed E-state index contributed by atoms with van der Waals surface area (Å²) in [6.07, 6.45) is -2.10. The minimum Gasteiger partial charge on any atom is -0.504 e. The highest BCUT2D eigenvalue weighted by atomic mass is 35.5. The van der Waals surface area contributed by atoms with Gasteiger partial charge in [-0.05, 0) is 92.0 Å². The number of methoxy groups -OCH3 is 3. The van der Waals surface area contributed by atoms with Crippen molar-refractivity contribution in [2.24, 2.45) is 0 Å². The second kappa shape index (κ2) is 16.8. The van der Waals surface area contributed by atoms with Gasteiger partial charge in [-0.1, -0.05) is 50.6 Å². The van der Waals surface area contributed by atoms with Gasteiger partial charge in [-0.2, -0.15) is 0 Å². The van der Waals surface area contributed by atoms with Crippen molar-refractivity contribution in [3.8, 4) is 28.7 Å². The van der Waals surface area contributed by atoms with Crippen molar-refractivity contribution < 1.29 is 52.4 Å². The smallest absolute Gasteiger partial charge is 0.408 e. The average molecular weight is 800 g/mol. The number of halogens is 1. The van der Waals surface area contributed by atoms with Gasteiger partial charge in [0, 0.05) is 0 Å². The molecule has 0 saturated carbocycles. The Hall–Kier alpha value is -4.99. The maximum atomic E-state index is 14.6. The number of hydrogen-bond acceptors (Lipinski definition) is 11. The molecule has 0 aromatic heterocycles. The van der Waals surface area contributed by atoms with Crippen LogP contribution in [0, 0.1) is 0 Å². The molecular weight excluding hydrogens is 750 g/mol. The number of benzene rings is 3. The molecule has 0 aliphatic carbocycles. The normalized spacial score (nSPS) is 19.3. The minimum atomic E-state index is -2.71. The standard InChI is InChI=1S/C39H50ClN3O11Si/c1-38(2,3)53-37(48)43-30-23-19-26(44)33(50-8)28(20-23)52-27-17-14-22(18-25(27)40)32(54-55(10,11)39(4,5)6)31(36(47)51-9)42-34(45)29(41-35(30)46)21-12-15-24(49-7)16-13-21/h12-20,29-32,44H,1-11H3,(H,41,46)(H,42,45)(H,43,48)/t29-,30+,31+,32-/m0/s1. The van der Waals surface area contributed by atoms with Crippen molar-refractivity contribution in [2.45, 2.75) is 89.5 Å². The van der Waals surface area contributed by atoms with E-state index in [9.17, 15) is 24.3 Å². The molecule has 3 aromatic carbocycles. The van der Waals surface area contributed by atoms with Gasteiger partial charge in [0.05, 0.1) is 26.4 Å². The van der Waals surface area contributed by atoms with Gasteiger partial charge < -0.3 is 49.2 Å². The molecule has 14 nitrogen and oxygen atoms in total. The summed E-state index contributed by atoms with van der Waals surface area (Å²) in [5.41, 5.74) is -0.209. The van der Waals surface area contributed by atoms with Crippen molar-refractivity contribution in [3.63, 3.8) is 0 Å². The third kappa shape index (κ3) is 10.2. The van der Waals surface area contributed by atoms with E-state index in [1.54, 1.807) is 57.2 Å². The van der Waals surface area contributed by atoms with Crippen molar-refractivity contribution in [1.29, 1.82) is 0 Å². The summed E-state index contributed by atoms with van der Waals surface area (Å²) < 4.78 is 34.5. The number of phenolic OH excluding ortho intramolecular Hbond substituents is 1. The van der Waals surface area contributed by atoms with Crippen LogP contribution in [-0.2, 0) is 28.3 Å². The summed E-state index contributed by atoms with van der Waals surface area (Å²) in [6.45, 7) is 15.0. The number of hydrogen-bond donors (Lipinski definition) is 4. The second-order valence-electron chi connectivity index (χ2n) is 15.5. The Morgan fingerprint density at radius 3 is 2.02 bits per heavy atom. The number of carbonyl (C=O) groups is 4. The maximum Gasteiger partial charge on any atom is 0.408 e. The van der Waals surface area contributed by atoms with E-state index in [-0.39, 0.29) is 32.9 Å². The molecule has 2 aliphatic rings. The number of nitrogens with one attached hydrogen (secondary N) is 3. The lowest BCUT2D eigenvalue weighted by Crippen LogP contribution is -2.54. The van der Waals surface area contributed by atoms with Gasteiger partial charge in [-0.15, -0.1) is 0 Å². The zero-order chi connectivity index (χ0) is 41.0. The van der Waals surface area contributed by atoms with E-state index in [1.165, 1.54) is 39.5 Å². The Morgan fingerprint density at radius 1 is 0.836 bits per heavy atom. The first-order chi connectivity index (χ1) is 25.6.